The summed E-state index contributed by atoms with van der Waals surface area (Å²) in [6.45, 7) is 6.88. The van der Waals surface area contributed by atoms with Gasteiger partial charge in [0.1, 0.15) is 5.75 Å². The molecule has 10 heteroatoms. The Hall–Kier alpha value is -2.56. The highest BCUT2D eigenvalue weighted by Gasteiger charge is 2.20. The number of ether oxygens (including phenoxy) is 1. The van der Waals surface area contributed by atoms with E-state index in [2.05, 4.69) is 24.1 Å². The molecule has 178 valence electrons. The second kappa shape index (κ2) is 10.6. The number of carbonyl (C=O) groups excluding carboxylic acids is 1. The highest BCUT2D eigenvalue weighted by molar-refractivity contribution is 7.99. The molecule has 0 aliphatic rings. The van der Waals surface area contributed by atoms with Gasteiger partial charge < -0.3 is 14.6 Å². The number of rotatable bonds is 10. The van der Waals surface area contributed by atoms with E-state index in [1.165, 1.54) is 23.9 Å². The molecule has 3 aromatic rings. The molecule has 1 heterocycles. The number of amides is 1. The zero-order chi connectivity index (χ0) is 24.2. The second-order valence-electron chi connectivity index (χ2n) is 8.09. The van der Waals surface area contributed by atoms with E-state index >= 15 is 0 Å². The molecule has 3 N–H and O–H groups in total. The summed E-state index contributed by atoms with van der Waals surface area (Å²) in [5.74, 6) is 1.06. The molecule has 1 unspecified atom stereocenters. The molecular formula is C23H30N4O4S2. The van der Waals surface area contributed by atoms with Crippen LogP contribution in [-0.2, 0) is 21.4 Å². The number of sulfonamides is 1. The number of benzene rings is 2. The van der Waals surface area contributed by atoms with Crippen LogP contribution in [0.1, 0.15) is 38.8 Å². The van der Waals surface area contributed by atoms with Gasteiger partial charge in [-0.3, -0.25) is 4.79 Å². The van der Waals surface area contributed by atoms with Crippen LogP contribution in [0.4, 0.5) is 0 Å². The number of primary sulfonamides is 1. The molecule has 1 amide bonds. The SMILES string of the molecule is CCCn1c(SCC(=O)NC(c2ccc(OC)cc2)C(C)C)nc2cc(S(N)(=O)=O)ccc21. The van der Waals surface area contributed by atoms with Crippen molar-refractivity contribution in [3.05, 3.63) is 48.0 Å². The molecule has 0 saturated heterocycles. The summed E-state index contributed by atoms with van der Waals surface area (Å²) in [6, 6.07) is 12.2. The average Bonchev–Trinajstić information content (AvgIpc) is 3.12. The number of methoxy groups -OCH3 is 1. The minimum absolute atomic E-state index is 0.0182. The van der Waals surface area contributed by atoms with Crippen molar-refractivity contribution in [2.24, 2.45) is 11.1 Å². The van der Waals surface area contributed by atoms with Gasteiger partial charge in [-0.1, -0.05) is 44.7 Å². The van der Waals surface area contributed by atoms with Crippen LogP contribution in [0.15, 0.2) is 52.5 Å². The lowest BCUT2D eigenvalue weighted by Gasteiger charge is -2.23. The van der Waals surface area contributed by atoms with Crippen molar-refractivity contribution in [2.45, 2.75) is 49.8 Å². The molecule has 0 bridgehead atoms. The van der Waals surface area contributed by atoms with Gasteiger partial charge in [-0.2, -0.15) is 0 Å². The Morgan fingerprint density at radius 2 is 1.91 bits per heavy atom. The zero-order valence-electron chi connectivity index (χ0n) is 19.2. The fourth-order valence-corrected chi connectivity index (χ4v) is 4.99. The van der Waals surface area contributed by atoms with Crippen LogP contribution >= 0.6 is 11.8 Å². The number of aromatic nitrogens is 2. The molecule has 0 aliphatic heterocycles. The van der Waals surface area contributed by atoms with Crippen LogP contribution in [0, 0.1) is 5.92 Å². The Labute approximate surface area is 199 Å². The number of fused-ring (bicyclic) bond motifs is 1. The lowest BCUT2D eigenvalue weighted by molar-refractivity contribution is -0.119. The average molecular weight is 491 g/mol. The van der Waals surface area contributed by atoms with Gasteiger partial charge in [0.05, 0.1) is 34.8 Å². The maximum absolute atomic E-state index is 12.8. The van der Waals surface area contributed by atoms with E-state index in [-0.39, 0.29) is 28.5 Å². The molecule has 3 rings (SSSR count). The Kier molecular flexibility index (Phi) is 8.04. The third-order valence-corrected chi connectivity index (χ3v) is 7.14. The van der Waals surface area contributed by atoms with Crippen LogP contribution in [0.2, 0.25) is 0 Å². The monoisotopic (exact) mass is 490 g/mol. The Balaban J connectivity index is 1.77. The van der Waals surface area contributed by atoms with Crippen molar-refractivity contribution < 1.29 is 17.9 Å². The van der Waals surface area contributed by atoms with Crippen LogP contribution in [-0.4, -0.2) is 36.7 Å². The fourth-order valence-electron chi connectivity index (χ4n) is 3.61. The minimum atomic E-state index is -3.82. The van der Waals surface area contributed by atoms with E-state index < -0.39 is 10.0 Å². The molecule has 0 radical (unpaired) electrons. The molecule has 2 aromatic carbocycles. The van der Waals surface area contributed by atoms with Gasteiger partial charge in [0.15, 0.2) is 5.16 Å². The van der Waals surface area contributed by atoms with E-state index in [4.69, 9.17) is 9.88 Å². The van der Waals surface area contributed by atoms with E-state index in [0.29, 0.717) is 17.2 Å². The molecule has 0 aliphatic carbocycles. The topological polar surface area (TPSA) is 116 Å². The molecular weight excluding hydrogens is 460 g/mol. The van der Waals surface area contributed by atoms with E-state index in [9.17, 15) is 13.2 Å². The summed E-state index contributed by atoms with van der Waals surface area (Å²) in [5.41, 5.74) is 2.36. The van der Waals surface area contributed by atoms with Crippen molar-refractivity contribution in [2.75, 3.05) is 12.9 Å². The number of thioether (sulfide) groups is 1. The minimum Gasteiger partial charge on any atom is -0.497 e. The standard InChI is InChI=1S/C23H30N4O4S2/c1-5-12-27-20-11-10-18(33(24,29)30)13-19(20)25-23(27)32-14-21(28)26-22(15(2)3)16-6-8-17(31-4)9-7-16/h6-11,13,15,22H,5,12,14H2,1-4H3,(H,26,28)(H2,24,29,30). The first kappa shape index (κ1) is 25.1. The van der Waals surface area contributed by atoms with Gasteiger partial charge in [0, 0.05) is 6.54 Å². The summed E-state index contributed by atoms with van der Waals surface area (Å²) < 4.78 is 30.6. The maximum atomic E-state index is 12.8. The number of hydrogen-bond donors (Lipinski definition) is 2. The van der Waals surface area contributed by atoms with E-state index in [1.807, 2.05) is 35.8 Å². The number of nitrogens with zero attached hydrogens (tertiary/aromatic N) is 2. The van der Waals surface area contributed by atoms with Crippen LogP contribution in [0.5, 0.6) is 5.75 Å². The van der Waals surface area contributed by atoms with Gasteiger partial charge in [-0.05, 0) is 48.2 Å². The fraction of sp³-hybridized carbons (Fsp3) is 0.391. The van der Waals surface area contributed by atoms with Crippen molar-refractivity contribution in [3.8, 4) is 5.75 Å². The summed E-state index contributed by atoms with van der Waals surface area (Å²) in [4.78, 5) is 17.4. The molecule has 0 spiro atoms. The zero-order valence-corrected chi connectivity index (χ0v) is 20.9. The van der Waals surface area contributed by atoms with Crippen molar-refractivity contribution in [3.63, 3.8) is 0 Å². The normalized spacial score (nSPS) is 12.8. The summed E-state index contributed by atoms with van der Waals surface area (Å²) in [7, 11) is -2.20. The third-order valence-electron chi connectivity index (χ3n) is 5.25. The molecule has 1 aromatic heterocycles. The summed E-state index contributed by atoms with van der Waals surface area (Å²) in [6.07, 6.45) is 0.870. The quantitative estimate of drug-likeness (QED) is 0.419. The maximum Gasteiger partial charge on any atom is 0.238 e. The van der Waals surface area contributed by atoms with Crippen LogP contribution in [0.3, 0.4) is 0 Å². The third kappa shape index (κ3) is 6.07. The summed E-state index contributed by atoms with van der Waals surface area (Å²) in [5, 5.41) is 9.04. The Morgan fingerprint density at radius 3 is 2.48 bits per heavy atom. The first-order valence-corrected chi connectivity index (χ1v) is 13.3. The van der Waals surface area contributed by atoms with Gasteiger partial charge >= 0.3 is 0 Å². The highest BCUT2D eigenvalue weighted by Crippen LogP contribution is 2.28. The highest BCUT2D eigenvalue weighted by atomic mass is 32.2. The Morgan fingerprint density at radius 1 is 1.21 bits per heavy atom. The smallest absolute Gasteiger partial charge is 0.238 e. The van der Waals surface area contributed by atoms with E-state index in [0.717, 1.165) is 23.3 Å². The Bertz CT molecular complexity index is 1220. The molecule has 33 heavy (non-hydrogen) atoms. The lowest BCUT2D eigenvalue weighted by Crippen LogP contribution is -2.33. The second-order valence-corrected chi connectivity index (χ2v) is 10.6. The van der Waals surface area contributed by atoms with Crippen molar-refractivity contribution in [1.82, 2.24) is 14.9 Å². The molecule has 0 fully saturated rings. The predicted molar refractivity (Wildman–Crippen MR) is 131 cm³/mol. The number of nitrogens with two attached hydrogens (primary N) is 1. The molecule has 0 saturated carbocycles. The van der Waals surface area contributed by atoms with E-state index in [1.54, 1.807) is 13.2 Å². The number of hydrogen-bond acceptors (Lipinski definition) is 6. The molecule has 8 nitrogen and oxygen atoms in total. The van der Waals surface area contributed by atoms with Gasteiger partial charge in [-0.15, -0.1) is 0 Å². The largest absolute Gasteiger partial charge is 0.497 e. The first-order chi connectivity index (χ1) is 15.6. The van der Waals surface area contributed by atoms with Crippen LogP contribution in [0.25, 0.3) is 11.0 Å². The predicted octanol–water partition coefficient (Wildman–Crippen LogP) is 3.71. The van der Waals surface area contributed by atoms with Gasteiger partial charge in [0.2, 0.25) is 15.9 Å². The number of carbonyl (C=O) groups is 1. The number of imidazole rings is 1. The first-order valence-electron chi connectivity index (χ1n) is 10.7. The van der Waals surface area contributed by atoms with Gasteiger partial charge in [-0.25, -0.2) is 18.5 Å². The van der Waals surface area contributed by atoms with Crippen LogP contribution < -0.4 is 15.2 Å². The van der Waals surface area contributed by atoms with Crippen molar-refractivity contribution in [1.29, 1.82) is 0 Å². The lowest BCUT2D eigenvalue weighted by atomic mass is 9.96. The number of nitrogens with one attached hydrogen (secondary N) is 1. The summed E-state index contributed by atoms with van der Waals surface area (Å²) >= 11 is 1.33. The molecule has 1 atom stereocenters. The van der Waals surface area contributed by atoms with Gasteiger partial charge in [0.25, 0.3) is 0 Å². The number of aryl methyl sites for hydroxylation is 1. The van der Waals surface area contributed by atoms with Crippen molar-refractivity contribution >= 4 is 38.7 Å².